The topological polar surface area (TPSA) is 104 Å². The van der Waals surface area contributed by atoms with Crippen molar-refractivity contribution in [1.82, 2.24) is 0 Å². The van der Waals surface area contributed by atoms with Gasteiger partial charge in [-0.3, -0.25) is 24.0 Å². The van der Waals surface area contributed by atoms with Crippen molar-refractivity contribution in [3.05, 3.63) is 40.5 Å². The van der Waals surface area contributed by atoms with Crippen LogP contribution in [0.4, 0.5) is 0 Å². The number of rotatable bonds is 3. The zero-order valence-electron chi connectivity index (χ0n) is 19.8. The summed E-state index contributed by atoms with van der Waals surface area (Å²) >= 11 is 0. The van der Waals surface area contributed by atoms with Gasteiger partial charge in [-0.25, -0.2) is 0 Å². The number of methoxy groups -OCH3 is 1. The molecule has 0 N–H and O–H groups in total. The second-order valence-corrected chi connectivity index (χ2v) is 15.7. The van der Waals surface area contributed by atoms with E-state index in [0.29, 0.717) is 0 Å². The molecule has 176 valence electrons. The van der Waals surface area contributed by atoms with Gasteiger partial charge in [0.15, 0.2) is 23.0 Å². The van der Waals surface area contributed by atoms with E-state index in [9.17, 15) is 24.0 Å². The molecule has 1 fully saturated rings. The Hall–Kier alpha value is -3.31. The quantitative estimate of drug-likeness (QED) is 0.284. The molecule has 7 nitrogen and oxygen atoms in total. The van der Waals surface area contributed by atoms with Gasteiger partial charge in [-0.15, -0.1) is 6.42 Å². The van der Waals surface area contributed by atoms with Crippen molar-refractivity contribution in [1.29, 1.82) is 0 Å². The predicted molar refractivity (Wildman–Crippen MR) is 125 cm³/mol. The van der Waals surface area contributed by atoms with Crippen molar-refractivity contribution in [3.8, 4) is 18.1 Å². The largest absolute Gasteiger partial charge is 0.496 e. The summed E-state index contributed by atoms with van der Waals surface area (Å²) in [6.45, 7) is 7.38. The number of carbonyl (C=O) groups excluding carboxylic acids is 5. The Morgan fingerprint density at radius 3 is 2.26 bits per heavy atom. The molecule has 0 amide bonds. The number of terminal acetylenes is 1. The Morgan fingerprint density at radius 2 is 1.71 bits per heavy atom. The third-order valence-corrected chi connectivity index (χ3v) is 10.0. The minimum Gasteiger partial charge on any atom is -0.496 e. The SMILES string of the molecule is C#CC1(OC(C)=O)CC2C(=O)C3=C(C(=O)c4c(OC)cccc4C3=O)C(=O)C2C([Si](C)(C)C)C1. The number of esters is 1. The lowest BCUT2D eigenvalue weighted by molar-refractivity contribution is -0.159. The number of benzene rings is 1. The highest BCUT2D eigenvalue weighted by atomic mass is 28.3. The number of Topliss-reactive ketones (excluding diaryl/α,β-unsaturated/α-hetero) is 4. The molecule has 0 aromatic heterocycles. The fourth-order valence-electron chi connectivity index (χ4n) is 5.73. The first kappa shape index (κ1) is 23.8. The lowest BCUT2D eigenvalue weighted by atomic mass is 9.60. The van der Waals surface area contributed by atoms with Crippen molar-refractivity contribution in [3.63, 3.8) is 0 Å². The van der Waals surface area contributed by atoms with Crippen LogP contribution in [0.25, 0.3) is 0 Å². The molecule has 4 rings (SSSR count). The Kier molecular flexibility index (Phi) is 5.52. The van der Waals surface area contributed by atoms with Crippen molar-refractivity contribution in [2.75, 3.05) is 7.11 Å². The number of hydrogen-bond donors (Lipinski definition) is 0. The zero-order valence-corrected chi connectivity index (χ0v) is 20.8. The average Bonchev–Trinajstić information content (AvgIpc) is 2.77. The van der Waals surface area contributed by atoms with Gasteiger partial charge >= 0.3 is 5.97 Å². The third-order valence-electron chi connectivity index (χ3n) is 7.24. The number of ketones is 4. The van der Waals surface area contributed by atoms with Crippen molar-refractivity contribution >= 4 is 37.2 Å². The van der Waals surface area contributed by atoms with E-state index in [1.54, 1.807) is 12.1 Å². The summed E-state index contributed by atoms with van der Waals surface area (Å²) in [4.78, 5) is 66.6. The van der Waals surface area contributed by atoms with Crippen molar-refractivity contribution < 1.29 is 33.4 Å². The maximum absolute atomic E-state index is 13.9. The Bertz CT molecular complexity index is 1240. The van der Waals surface area contributed by atoms with E-state index in [-0.39, 0.29) is 46.4 Å². The van der Waals surface area contributed by atoms with Crippen LogP contribution in [-0.2, 0) is 19.1 Å². The predicted octanol–water partition coefficient (Wildman–Crippen LogP) is 3.19. The van der Waals surface area contributed by atoms with Crippen LogP contribution < -0.4 is 4.74 Å². The molecule has 1 aromatic rings. The molecule has 0 heterocycles. The summed E-state index contributed by atoms with van der Waals surface area (Å²) < 4.78 is 10.8. The molecule has 0 spiro atoms. The molecular weight excluding hydrogens is 452 g/mol. The number of hydrogen-bond acceptors (Lipinski definition) is 7. The highest BCUT2D eigenvalue weighted by Gasteiger charge is 2.60. The second kappa shape index (κ2) is 7.88. The van der Waals surface area contributed by atoms with Gasteiger partial charge in [0.1, 0.15) is 5.75 Å². The minimum absolute atomic E-state index is 0.00611. The minimum atomic E-state index is -2.18. The molecule has 34 heavy (non-hydrogen) atoms. The molecule has 4 unspecified atom stereocenters. The molecule has 1 aromatic carbocycles. The Balaban J connectivity index is 1.92. The van der Waals surface area contributed by atoms with Crippen molar-refractivity contribution in [2.24, 2.45) is 11.8 Å². The van der Waals surface area contributed by atoms with Gasteiger partial charge in [0.05, 0.1) is 23.8 Å². The summed E-state index contributed by atoms with van der Waals surface area (Å²) in [7, 11) is -0.808. The normalized spacial score (nSPS) is 28.5. The van der Waals surface area contributed by atoms with Gasteiger partial charge in [-0.1, -0.05) is 37.7 Å². The molecule has 0 radical (unpaired) electrons. The van der Waals surface area contributed by atoms with E-state index in [0.717, 1.165) is 0 Å². The Labute approximate surface area is 198 Å². The van der Waals surface area contributed by atoms with E-state index >= 15 is 0 Å². The summed E-state index contributed by atoms with van der Waals surface area (Å²) in [5, 5.41) is 0. The molecule has 4 atom stereocenters. The van der Waals surface area contributed by atoms with Crippen molar-refractivity contribution in [2.45, 2.75) is 50.5 Å². The molecule has 3 aliphatic carbocycles. The first-order valence-corrected chi connectivity index (χ1v) is 14.7. The fraction of sp³-hybridized carbons (Fsp3) is 0.423. The van der Waals surface area contributed by atoms with Gasteiger partial charge in [-0.05, 0) is 18.0 Å². The van der Waals surface area contributed by atoms with Crippen LogP contribution >= 0.6 is 0 Å². The van der Waals surface area contributed by atoms with Gasteiger partial charge in [-0.2, -0.15) is 0 Å². The summed E-state index contributed by atoms with van der Waals surface area (Å²) in [5.74, 6) is -2.00. The maximum Gasteiger partial charge on any atom is 0.304 e. The smallest absolute Gasteiger partial charge is 0.304 e. The first-order chi connectivity index (χ1) is 15.9. The Morgan fingerprint density at radius 1 is 1.06 bits per heavy atom. The third kappa shape index (κ3) is 3.38. The fourth-order valence-corrected chi connectivity index (χ4v) is 8.14. The maximum atomic E-state index is 13.9. The van der Waals surface area contributed by atoms with Gasteiger partial charge < -0.3 is 9.47 Å². The van der Waals surface area contributed by atoms with Crippen LogP contribution in [0, 0.1) is 24.2 Å². The van der Waals surface area contributed by atoms with Crippen LogP contribution in [0.3, 0.4) is 0 Å². The van der Waals surface area contributed by atoms with Crippen LogP contribution in [0.2, 0.25) is 25.2 Å². The number of ether oxygens (including phenoxy) is 2. The number of carbonyl (C=O) groups is 5. The molecule has 1 saturated carbocycles. The standard InChI is InChI=1S/C26H26O7Si/c1-7-26(33-13(2)27)11-15-19(17(12-26)34(4,5)6)25(31)21-20(23(15)29)22(28)14-9-8-10-16(32-3)18(14)24(21)30/h1,8-10,15,17,19H,11-12H2,2-6H3. The van der Waals surface area contributed by atoms with Crippen LogP contribution in [-0.4, -0.2) is 49.9 Å². The molecule has 8 heteroatoms. The van der Waals surface area contributed by atoms with E-state index in [1.807, 2.05) is 19.6 Å². The number of fused-ring (bicyclic) bond motifs is 2. The summed E-state index contributed by atoms with van der Waals surface area (Å²) in [6, 6.07) is 4.54. The molecule has 0 saturated heterocycles. The monoisotopic (exact) mass is 478 g/mol. The van der Waals surface area contributed by atoms with Crippen LogP contribution in [0.1, 0.15) is 40.5 Å². The molecule has 0 bridgehead atoms. The summed E-state index contributed by atoms with van der Waals surface area (Å²) in [5.41, 5.74) is -2.39. The highest BCUT2D eigenvalue weighted by molar-refractivity contribution is 6.78. The van der Waals surface area contributed by atoms with E-state index in [2.05, 4.69) is 5.92 Å². The molecule has 0 aliphatic heterocycles. The van der Waals surface area contributed by atoms with E-state index in [4.69, 9.17) is 15.9 Å². The summed E-state index contributed by atoms with van der Waals surface area (Å²) in [6.07, 6.45) is 5.97. The van der Waals surface area contributed by atoms with Gasteiger partial charge in [0.2, 0.25) is 5.78 Å². The van der Waals surface area contributed by atoms with Crippen LogP contribution in [0.15, 0.2) is 29.3 Å². The zero-order chi connectivity index (χ0) is 25.2. The van der Waals surface area contributed by atoms with Gasteiger partial charge in [0.25, 0.3) is 0 Å². The van der Waals surface area contributed by atoms with Crippen LogP contribution in [0.5, 0.6) is 5.75 Å². The van der Waals surface area contributed by atoms with E-state index < -0.39 is 54.6 Å². The first-order valence-electron chi connectivity index (χ1n) is 11.1. The molecular formula is C26H26O7Si. The molecule has 3 aliphatic rings. The van der Waals surface area contributed by atoms with Gasteiger partial charge in [0, 0.05) is 38.8 Å². The lowest BCUT2D eigenvalue weighted by Gasteiger charge is -2.50. The number of allylic oxidation sites excluding steroid dienone is 2. The average molecular weight is 479 g/mol. The van der Waals surface area contributed by atoms with E-state index in [1.165, 1.54) is 20.1 Å². The second-order valence-electron chi connectivity index (χ2n) is 10.3. The lowest BCUT2D eigenvalue weighted by Crippen LogP contribution is -2.57. The highest BCUT2D eigenvalue weighted by Crippen LogP contribution is 2.54.